The van der Waals surface area contributed by atoms with Crippen molar-refractivity contribution in [2.45, 2.75) is 33.1 Å². The Morgan fingerprint density at radius 1 is 1.20 bits per heavy atom. The first-order valence-electron chi connectivity index (χ1n) is 8.51. The van der Waals surface area contributed by atoms with E-state index in [1.54, 1.807) is 6.20 Å². The lowest BCUT2D eigenvalue weighted by Gasteiger charge is -2.16. The topological polar surface area (TPSA) is 72.7 Å². The predicted molar refractivity (Wildman–Crippen MR) is 94.4 cm³/mol. The molecule has 2 atom stereocenters. The van der Waals surface area contributed by atoms with E-state index in [4.69, 9.17) is 0 Å². The molecule has 25 heavy (non-hydrogen) atoms. The predicted octanol–water partition coefficient (Wildman–Crippen LogP) is 2.65. The molecule has 4 rings (SSSR count). The molecule has 0 spiro atoms. The van der Waals surface area contributed by atoms with Crippen molar-refractivity contribution < 1.29 is 4.79 Å². The van der Waals surface area contributed by atoms with Crippen molar-refractivity contribution >= 4 is 5.91 Å². The van der Waals surface area contributed by atoms with E-state index in [1.807, 2.05) is 55.8 Å². The maximum absolute atomic E-state index is 12.6. The van der Waals surface area contributed by atoms with E-state index >= 15 is 0 Å². The van der Waals surface area contributed by atoms with Gasteiger partial charge in [-0.3, -0.25) is 4.79 Å². The van der Waals surface area contributed by atoms with Gasteiger partial charge < -0.3 is 9.55 Å². The molecule has 2 unspecified atom stereocenters. The van der Waals surface area contributed by atoms with Crippen molar-refractivity contribution in [2.24, 2.45) is 5.92 Å². The highest BCUT2D eigenvalue weighted by Crippen LogP contribution is 2.39. The number of nitrogens with one attached hydrogen (secondary N) is 1. The van der Waals surface area contributed by atoms with Gasteiger partial charge in [-0.05, 0) is 31.0 Å². The highest BCUT2D eigenvalue weighted by atomic mass is 16.2. The van der Waals surface area contributed by atoms with Crippen molar-refractivity contribution in [1.29, 1.82) is 0 Å². The molecule has 0 amide bonds. The zero-order chi connectivity index (χ0) is 17.7. The van der Waals surface area contributed by atoms with E-state index in [0.717, 1.165) is 28.5 Å². The molecule has 3 heterocycles. The Labute approximate surface area is 145 Å². The van der Waals surface area contributed by atoms with E-state index in [0.29, 0.717) is 6.42 Å². The Balaban J connectivity index is 1.80. The first kappa shape index (κ1) is 15.6. The Bertz CT molecular complexity index is 1010. The monoisotopic (exact) mass is 336 g/mol. The minimum atomic E-state index is -0.322. The molecular weight excluding hydrogens is 316 g/mol. The maximum atomic E-state index is 12.6. The van der Waals surface area contributed by atoms with Crippen LogP contribution < -0.4 is 5.69 Å². The average molecular weight is 336 g/mol. The molecule has 0 saturated carbocycles. The maximum Gasteiger partial charge on any atom is 0.332 e. The molecule has 1 aliphatic rings. The quantitative estimate of drug-likeness (QED) is 0.799. The summed E-state index contributed by atoms with van der Waals surface area (Å²) >= 11 is 0. The molecule has 1 aliphatic heterocycles. The number of carbonyl (C=O) groups excluding carboxylic acids is 1. The van der Waals surface area contributed by atoms with Gasteiger partial charge in [-0.2, -0.15) is 0 Å². The van der Waals surface area contributed by atoms with Crippen LogP contribution in [-0.4, -0.2) is 25.0 Å². The van der Waals surface area contributed by atoms with Crippen molar-refractivity contribution in [1.82, 2.24) is 19.1 Å². The van der Waals surface area contributed by atoms with Gasteiger partial charge in [0.1, 0.15) is 5.82 Å². The molecule has 6 nitrogen and oxygen atoms in total. The summed E-state index contributed by atoms with van der Waals surface area (Å²) in [4.78, 5) is 31.8. The van der Waals surface area contributed by atoms with Gasteiger partial charge in [-0.1, -0.05) is 26.0 Å². The standard InChI is InChI=1S/C19H20N4O2/c1-4-15-17-16(11(2)18(24)23(17)19(25)21-15)13-5-7-14(8-6-13)22-10-9-20-12(22)3/h5-11,16H,4H2,1-3H3,(H,21,25). The average Bonchev–Trinajstić information content (AvgIpc) is 3.25. The number of rotatable bonds is 3. The molecule has 3 aromatic rings. The lowest BCUT2D eigenvalue weighted by Crippen LogP contribution is -2.24. The normalized spacial score (nSPS) is 19.4. The van der Waals surface area contributed by atoms with Gasteiger partial charge in [0.05, 0.1) is 5.69 Å². The van der Waals surface area contributed by atoms with Gasteiger partial charge in [-0.15, -0.1) is 0 Å². The number of fused-ring (bicyclic) bond motifs is 1. The van der Waals surface area contributed by atoms with Crippen molar-refractivity contribution in [3.05, 3.63) is 69.9 Å². The fourth-order valence-electron chi connectivity index (χ4n) is 3.83. The van der Waals surface area contributed by atoms with Crippen LogP contribution in [0, 0.1) is 12.8 Å². The Morgan fingerprint density at radius 3 is 2.52 bits per heavy atom. The number of H-pyrrole nitrogens is 1. The first-order chi connectivity index (χ1) is 12.0. The number of benzene rings is 1. The van der Waals surface area contributed by atoms with Crippen LogP contribution >= 0.6 is 0 Å². The largest absolute Gasteiger partial charge is 0.332 e. The van der Waals surface area contributed by atoms with Crippen LogP contribution in [0.3, 0.4) is 0 Å². The summed E-state index contributed by atoms with van der Waals surface area (Å²) < 4.78 is 3.33. The van der Waals surface area contributed by atoms with Crippen molar-refractivity contribution in [3.63, 3.8) is 0 Å². The van der Waals surface area contributed by atoms with E-state index in [2.05, 4.69) is 9.97 Å². The summed E-state index contributed by atoms with van der Waals surface area (Å²) in [5.74, 6) is 0.447. The molecule has 6 heteroatoms. The van der Waals surface area contributed by atoms with Crippen LogP contribution in [0.25, 0.3) is 5.69 Å². The van der Waals surface area contributed by atoms with Crippen LogP contribution in [0.2, 0.25) is 0 Å². The Morgan fingerprint density at radius 2 is 1.92 bits per heavy atom. The molecular formula is C19H20N4O2. The van der Waals surface area contributed by atoms with Crippen LogP contribution in [0.5, 0.6) is 0 Å². The van der Waals surface area contributed by atoms with Crippen molar-refractivity contribution in [2.75, 3.05) is 0 Å². The second-order valence-electron chi connectivity index (χ2n) is 6.52. The van der Waals surface area contributed by atoms with Gasteiger partial charge in [0.2, 0.25) is 5.91 Å². The number of aromatic amines is 1. The zero-order valence-corrected chi connectivity index (χ0v) is 14.5. The molecule has 1 N–H and O–H groups in total. The highest BCUT2D eigenvalue weighted by molar-refractivity contribution is 5.87. The van der Waals surface area contributed by atoms with Crippen LogP contribution in [-0.2, 0) is 6.42 Å². The number of nitrogens with zero attached hydrogens (tertiary/aromatic N) is 3. The molecule has 2 aromatic heterocycles. The minimum Gasteiger partial charge on any atom is -0.309 e. The number of hydrogen-bond donors (Lipinski definition) is 1. The van der Waals surface area contributed by atoms with E-state index < -0.39 is 0 Å². The molecule has 0 bridgehead atoms. The molecule has 128 valence electrons. The van der Waals surface area contributed by atoms with Gasteiger partial charge in [0.25, 0.3) is 0 Å². The van der Waals surface area contributed by atoms with Gasteiger partial charge in [0.15, 0.2) is 0 Å². The second-order valence-corrected chi connectivity index (χ2v) is 6.52. The Kier molecular flexibility index (Phi) is 3.49. The summed E-state index contributed by atoms with van der Waals surface area (Å²) in [5, 5.41) is 0. The summed E-state index contributed by atoms with van der Waals surface area (Å²) in [5.41, 5.74) is 3.41. The van der Waals surface area contributed by atoms with Crippen LogP contribution in [0.15, 0.2) is 41.5 Å². The fraction of sp³-hybridized carbons (Fsp3) is 0.316. The van der Waals surface area contributed by atoms with Gasteiger partial charge >= 0.3 is 5.69 Å². The Hall–Kier alpha value is -2.89. The smallest absolute Gasteiger partial charge is 0.309 e. The van der Waals surface area contributed by atoms with E-state index in [-0.39, 0.29) is 23.4 Å². The van der Waals surface area contributed by atoms with Crippen LogP contribution in [0.4, 0.5) is 0 Å². The molecule has 0 fully saturated rings. The summed E-state index contributed by atoms with van der Waals surface area (Å²) in [6.45, 7) is 5.84. The lowest BCUT2D eigenvalue weighted by atomic mass is 9.86. The fourth-order valence-corrected chi connectivity index (χ4v) is 3.83. The summed E-state index contributed by atoms with van der Waals surface area (Å²) in [6.07, 6.45) is 4.39. The zero-order valence-electron chi connectivity index (χ0n) is 14.5. The molecule has 1 aromatic carbocycles. The number of carbonyl (C=O) groups is 1. The van der Waals surface area contributed by atoms with E-state index in [1.165, 1.54) is 4.57 Å². The second kappa shape index (κ2) is 5.58. The van der Waals surface area contributed by atoms with Gasteiger partial charge in [-0.25, -0.2) is 14.3 Å². The first-order valence-corrected chi connectivity index (χ1v) is 8.51. The van der Waals surface area contributed by atoms with E-state index in [9.17, 15) is 9.59 Å². The third-order valence-corrected chi connectivity index (χ3v) is 5.13. The molecule has 0 saturated heterocycles. The van der Waals surface area contributed by atoms with Gasteiger partial charge in [0, 0.05) is 35.6 Å². The molecule has 0 aliphatic carbocycles. The minimum absolute atomic E-state index is 0.0978. The summed E-state index contributed by atoms with van der Waals surface area (Å²) in [7, 11) is 0. The third kappa shape index (κ3) is 2.21. The number of hydrogen-bond acceptors (Lipinski definition) is 3. The highest BCUT2D eigenvalue weighted by Gasteiger charge is 2.41. The number of aromatic nitrogens is 4. The van der Waals surface area contributed by atoms with Crippen molar-refractivity contribution in [3.8, 4) is 5.69 Å². The summed E-state index contributed by atoms with van der Waals surface area (Å²) in [6, 6.07) is 8.13. The number of imidazole rings is 2. The lowest BCUT2D eigenvalue weighted by molar-refractivity contribution is 0.0865. The van der Waals surface area contributed by atoms with Crippen LogP contribution in [0.1, 0.15) is 47.3 Å². The SMILES string of the molecule is CCc1[nH]c(=O)n2c1C(c1ccc(-n3ccnc3C)cc1)C(C)C2=O. The molecule has 0 radical (unpaired) electrons. The number of aryl methyl sites for hydroxylation is 2. The third-order valence-electron chi connectivity index (χ3n) is 5.13.